The van der Waals surface area contributed by atoms with Gasteiger partial charge in [-0.15, -0.1) is 0 Å². The van der Waals surface area contributed by atoms with Gasteiger partial charge in [0.2, 0.25) is 6.17 Å². The van der Waals surface area contributed by atoms with E-state index in [9.17, 15) is 19.7 Å². The molecule has 2 N–H and O–H groups in total. The third-order valence-corrected chi connectivity index (χ3v) is 5.32. The minimum Gasteiger partial charge on any atom is -0.311 e. The summed E-state index contributed by atoms with van der Waals surface area (Å²) >= 11 is 0. The molecule has 1 aliphatic heterocycles. The molecule has 9 nitrogen and oxygen atoms in total. The molecular weight excluding hydrogens is 422 g/mol. The van der Waals surface area contributed by atoms with Crippen LogP contribution in [0, 0.1) is 17.0 Å². The van der Waals surface area contributed by atoms with Crippen molar-refractivity contribution in [3.63, 3.8) is 0 Å². The van der Waals surface area contributed by atoms with Gasteiger partial charge in [-0.05, 0) is 19.1 Å². The van der Waals surface area contributed by atoms with Crippen molar-refractivity contribution in [2.45, 2.75) is 13.1 Å². The fourth-order valence-electron chi connectivity index (χ4n) is 3.62. The van der Waals surface area contributed by atoms with Gasteiger partial charge in [-0.2, -0.15) is 0 Å². The molecule has 33 heavy (non-hydrogen) atoms. The number of benzene rings is 3. The van der Waals surface area contributed by atoms with Crippen LogP contribution in [0.15, 0.2) is 77.8 Å². The fraction of sp³-hybridized carbons (Fsp3) is 0.125. The minimum absolute atomic E-state index is 0.113. The zero-order valence-corrected chi connectivity index (χ0v) is 18.0. The van der Waals surface area contributed by atoms with Gasteiger partial charge in [-0.25, -0.2) is 9.79 Å². The SMILES string of the molecule is Cc1ccc(NC(=O)N[C@@H]2N=C(c3ccccc3)c3ccccc3N(C)C2=O)cc1[N+](=O)[O-]. The summed E-state index contributed by atoms with van der Waals surface area (Å²) < 4.78 is 0. The van der Waals surface area contributed by atoms with Crippen LogP contribution in [0.2, 0.25) is 0 Å². The molecule has 3 aromatic rings. The lowest BCUT2D eigenvalue weighted by Crippen LogP contribution is -2.47. The number of nitro benzene ring substituents is 1. The number of anilines is 2. The van der Waals surface area contributed by atoms with Gasteiger partial charge >= 0.3 is 6.03 Å². The second-order valence-electron chi connectivity index (χ2n) is 7.52. The van der Waals surface area contributed by atoms with E-state index in [0.717, 1.165) is 11.1 Å². The smallest absolute Gasteiger partial charge is 0.311 e. The highest BCUT2D eigenvalue weighted by Gasteiger charge is 2.31. The largest absolute Gasteiger partial charge is 0.321 e. The van der Waals surface area contributed by atoms with Gasteiger partial charge in [0, 0.05) is 35.5 Å². The topological polar surface area (TPSA) is 117 Å². The summed E-state index contributed by atoms with van der Waals surface area (Å²) in [5.41, 5.74) is 3.39. The molecule has 0 spiro atoms. The lowest BCUT2D eigenvalue weighted by atomic mass is 10.0. The van der Waals surface area contributed by atoms with E-state index in [1.54, 1.807) is 26.1 Å². The van der Waals surface area contributed by atoms with Crippen LogP contribution in [0.3, 0.4) is 0 Å². The summed E-state index contributed by atoms with van der Waals surface area (Å²) in [5.74, 6) is -0.418. The van der Waals surface area contributed by atoms with Crippen LogP contribution in [0.4, 0.5) is 21.9 Å². The molecule has 4 rings (SSSR count). The number of hydrogen-bond donors (Lipinski definition) is 2. The summed E-state index contributed by atoms with van der Waals surface area (Å²) in [6.45, 7) is 1.61. The van der Waals surface area contributed by atoms with Crippen molar-refractivity contribution in [1.82, 2.24) is 5.32 Å². The zero-order valence-electron chi connectivity index (χ0n) is 18.0. The molecule has 1 heterocycles. The van der Waals surface area contributed by atoms with E-state index in [4.69, 9.17) is 0 Å². The molecule has 0 aliphatic carbocycles. The van der Waals surface area contributed by atoms with E-state index in [0.29, 0.717) is 17.0 Å². The number of para-hydroxylation sites is 1. The van der Waals surface area contributed by atoms with Gasteiger partial charge in [0.05, 0.1) is 16.3 Å². The molecule has 0 saturated carbocycles. The van der Waals surface area contributed by atoms with E-state index in [-0.39, 0.29) is 11.4 Å². The highest BCUT2D eigenvalue weighted by Crippen LogP contribution is 2.27. The van der Waals surface area contributed by atoms with E-state index in [2.05, 4.69) is 15.6 Å². The normalized spacial score (nSPS) is 15.2. The number of nitrogens with zero attached hydrogens (tertiary/aromatic N) is 3. The Labute approximate surface area is 189 Å². The Morgan fingerprint density at radius 2 is 1.76 bits per heavy atom. The van der Waals surface area contributed by atoms with Crippen molar-refractivity contribution in [3.8, 4) is 0 Å². The number of aliphatic imine (C=N–C) groups is 1. The van der Waals surface area contributed by atoms with Crippen LogP contribution in [-0.4, -0.2) is 35.8 Å². The Hall–Kier alpha value is -4.53. The number of hydrogen-bond acceptors (Lipinski definition) is 5. The summed E-state index contributed by atoms with van der Waals surface area (Å²) in [4.78, 5) is 42.6. The molecule has 1 aliphatic rings. The number of carbonyl (C=O) groups is 2. The van der Waals surface area contributed by atoms with Crippen LogP contribution in [-0.2, 0) is 4.79 Å². The standard InChI is InChI=1S/C24H21N5O4/c1-15-12-13-17(14-20(15)29(32)33)25-24(31)27-22-23(30)28(2)19-11-7-6-10-18(19)21(26-22)16-8-4-3-5-9-16/h3-14,22H,1-2H3,(H2,25,27,31)/t22-/m0/s1. The van der Waals surface area contributed by atoms with E-state index in [1.165, 1.54) is 11.0 Å². The fourth-order valence-corrected chi connectivity index (χ4v) is 3.62. The van der Waals surface area contributed by atoms with Crippen LogP contribution in [0.5, 0.6) is 0 Å². The van der Waals surface area contributed by atoms with Gasteiger partial charge < -0.3 is 15.5 Å². The number of nitro groups is 1. The van der Waals surface area contributed by atoms with Crippen LogP contribution in [0.1, 0.15) is 16.7 Å². The quantitative estimate of drug-likeness (QED) is 0.470. The lowest BCUT2D eigenvalue weighted by molar-refractivity contribution is -0.385. The first-order valence-corrected chi connectivity index (χ1v) is 10.2. The Morgan fingerprint density at radius 1 is 1.06 bits per heavy atom. The monoisotopic (exact) mass is 443 g/mol. The highest BCUT2D eigenvalue weighted by atomic mass is 16.6. The first-order chi connectivity index (χ1) is 15.8. The first-order valence-electron chi connectivity index (χ1n) is 10.2. The number of likely N-dealkylation sites (N-methyl/N-ethyl adjacent to an activating group) is 1. The van der Waals surface area contributed by atoms with Crippen LogP contribution >= 0.6 is 0 Å². The maximum absolute atomic E-state index is 13.1. The second kappa shape index (κ2) is 8.91. The molecular formula is C24H21N5O4. The number of rotatable bonds is 4. The van der Waals surface area contributed by atoms with E-state index < -0.39 is 23.0 Å². The van der Waals surface area contributed by atoms with Crippen LogP contribution in [0.25, 0.3) is 0 Å². The van der Waals surface area contributed by atoms with Gasteiger partial charge in [0.1, 0.15) is 0 Å². The molecule has 166 valence electrons. The van der Waals surface area contributed by atoms with Gasteiger partial charge in [-0.1, -0.05) is 54.6 Å². The van der Waals surface area contributed by atoms with E-state index in [1.807, 2.05) is 54.6 Å². The molecule has 0 bridgehead atoms. The van der Waals surface area contributed by atoms with Crippen molar-refractivity contribution in [2.24, 2.45) is 4.99 Å². The predicted molar refractivity (Wildman–Crippen MR) is 126 cm³/mol. The molecule has 0 saturated heterocycles. The number of nitrogens with one attached hydrogen (secondary N) is 2. The minimum atomic E-state index is -1.20. The average Bonchev–Trinajstić information content (AvgIpc) is 2.91. The maximum atomic E-state index is 13.1. The molecule has 0 fully saturated rings. The summed E-state index contributed by atoms with van der Waals surface area (Å²) in [5, 5.41) is 16.3. The number of aryl methyl sites for hydroxylation is 1. The number of fused-ring (bicyclic) bond motifs is 1. The molecule has 3 amide bonds. The summed E-state index contributed by atoms with van der Waals surface area (Å²) in [6.07, 6.45) is -1.20. The first kappa shape index (κ1) is 21.7. The van der Waals surface area contributed by atoms with E-state index >= 15 is 0 Å². The zero-order chi connectivity index (χ0) is 23.5. The van der Waals surface area contributed by atoms with Crippen molar-refractivity contribution in [1.29, 1.82) is 0 Å². The van der Waals surface area contributed by atoms with Crippen molar-refractivity contribution < 1.29 is 14.5 Å². The average molecular weight is 443 g/mol. The molecule has 0 aromatic heterocycles. The van der Waals surface area contributed by atoms with Crippen molar-refractivity contribution >= 4 is 34.7 Å². The number of urea groups is 1. The Balaban J connectivity index is 1.66. The van der Waals surface area contributed by atoms with Crippen molar-refractivity contribution in [2.75, 3.05) is 17.3 Å². The van der Waals surface area contributed by atoms with Crippen molar-refractivity contribution in [3.05, 3.63) is 99.6 Å². The maximum Gasteiger partial charge on any atom is 0.321 e. The van der Waals surface area contributed by atoms with Gasteiger partial charge in [-0.3, -0.25) is 14.9 Å². The van der Waals surface area contributed by atoms with Gasteiger partial charge in [0.15, 0.2) is 0 Å². The highest BCUT2D eigenvalue weighted by molar-refractivity contribution is 6.20. The third-order valence-electron chi connectivity index (χ3n) is 5.32. The number of amides is 3. The third kappa shape index (κ3) is 4.42. The number of benzodiazepines with no additional fused rings is 1. The lowest BCUT2D eigenvalue weighted by Gasteiger charge is -2.21. The molecule has 3 aromatic carbocycles. The van der Waals surface area contributed by atoms with Gasteiger partial charge in [0.25, 0.3) is 11.6 Å². The summed E-state index contributed by atoms with van der Waals surface area (Å²) in [6, 6.07) is 20.4. The summed E-state index contributed by atoms with van der Waals surface area (Å²) in [7, 11) is 1.63. The molecule has 0 unspecified atom stereocenters. The predicted octanol–water partition coefficient (Wildman–Crippen LogP) is 3.86. The Kier molecular flexibility index (Phi) is 5.86. The number of carbonyl (C=O) groups excluding carboxylic acids is 2. The molecule has 0 radical (unpaired) electrons. The Morgan fingerprint density at radius 3 is 2.48 bits per heavy atom. The molecule has 1 atom stereocenters. The molecule has 9 heteroatoms. The second-order valence-corrected chi connectivity index (χ2v) is 7.52. The Bertz CT molecular complexity index is 1270. The van der Waals surface area contributed by atoms with Crippen LogP contribution < -0.4 is 15.5 Å².